The molecule has 0 radical (unpaired) electrons. The van der Waals surface area contributed by atoms with Crippen LogP contribution in [0.2, 0.25) is 10.2 Å². The van der Waals surface area contributed by atoms with Crippen molar-refractivity contribution in [3.05, 3.63) is 62.4 Å². The van der Waals surface area contributed by atoms with Gasteiger partial charge in [0.05, 0.1) is 17.8 Å². The zero-order chi connectivity index (χ0) is 15.7. The number of hydrogen-bond donors (Lipinski definition) is 0. The van der Waals surface area contributed by atoms with Crippen molar-refractivity contribution in [1.82, 2.24) is 19.9 Å². The zero-order valence-electron chi connectivity index (χ0n) is 11.5. The summed E-state index contributed by atoms with van der Waals surface area (Å²) in [6.45, 7) is 2.00. The van der Waals surface area contributed by atoms with E-state index in [-0.39, 0.29) is 12.1 Å². The number of hydrogen-bond acceptors (Lipinski definition) is 5. The molecule has 0 aliphatic carbocycles. The van der Waals surface area contributed by atoms with E-state index in [1.165, 1.54) is 16.9 Å². The highest BCUT2D eigenvalue weighted by Crippen LogP contribution is 2.25. The predicted molar refractivity (Wildman–Crippen MR) is 82.1 cm³/mol. The molecule has 0 aromatic carbocycles. The lowest BCUT2D eigenvalue weighted by molar-refractivity contribution is 0.397. The largest absolute Gasteiger partial charge is 0.361 e. The molecule has 0 atom stereocenters. The van der Waals surface area contributed by atoms with Crippen LogP contribution in [-0.4, -0.2) is 19.9 Å². The second-order valence-electron chi connectivity index (χ2n) is 4.61. The molecule has 8 heteroatoms. The van der Waals surface area contributed by atoms with E-state index in [4.69, 9.17) is 27.7 Å². The van der Waals surface area contributed by atoms with Crippen LogP contribution in [0.15, 0.2) is 39.9 Å². The van der Waals surface area contributed by atoms with Gasteiger partial charge in [0.1, 0.15) is 16.6 Å². The van der Waals surface area contributed by atoms with Crippen molar-refractivity contribution in [3.8, 4) is 11.3 Å². The highest BCUT2D eigenvalue weighted by atomic mass is 35.5. The highest BCUT2D eigenvalue weighted by Gasteiger charge is 2.16. The van der Waals surface area contributed by atoms with Crippen molar-refractivity contribution in [2.75, 3.05) is 0 Å². The van der Waals surface area contributed by atoms with Crippen molar-refractivity contribution >= 4 is 23.2 Å². The fourth-order valence-electron chi connectivity index (χ4n) is 2.00. The Morgan fingerprint density at radius 2 is 2.09 bits per heavy atom. The van der Waals surface area contributed by atoms with Crippen molar-refractivity contribution in [1.29, 1.82) is 0 Å². The number of halogens is 2. The number of rotatable bonds is 3. The van der Waals surface area contributed by atoms with Crippen LogP contribution >= 0.6 is 23.2 Å². The topological polar surface area (TPSA) is 73.8 Å². The summed E-state index contributed by atoms with van der Waals surface area (Å²) in [6, 6.07) is 4.76. The van der Waals surface area contributed by atoms with Gasteiger partial charge in [-0.3, -0.25) is 4.79 Å². The van der Waals surface area contributed by atoms with Gasteiger partial charge < -0.3 is 4.52 Å². The smallest absolute Gasteiger partial charge is 0.268 e. The van der Waals surface area contributed by atoms with Crippen LogP contribution in [0, 0.1) is 6.92 Å². The summed E-state index contributed by atoms with van der Waals surface area (Å²) in [4.78, 5) is 15.9. The summed E-state index contributed by atoms with van der Waals surface area (Å²) >= 11 is 11.5. The molecule has 0 spiro atoms. The maximum atomic E-state index is 11.9. The Bertz CT molecular complexity index is 871. The molecule has 0 N–H and O–H groups in total. The molecule has 3 rings (SSSR count). The first-order chi connectivity index (χ1) is 10.5. The third kappa shape index (κ3) is 2.88. The van der Waals surface area contributed by atoms with Gasteiger partial charge in [0.15, 0.2) is 0 Å². The van der Waals surface area contributed by atoms with E-state index >= 15 is 0 Å². The Hall–Kier alpha value is -2.18. The lowest BCUT2D eigenvalue weighted by Crippen LogP contribution is -2.22. The van der Waals surface area contributed by atoms with E-state index in [1.54, 1.807) is 25.3 Å². The molecule has 0 saturated heterocycles. The molecular weight excluding hydrogens is 327 g/mol. The van der Waals surface area contributed by atoms with Crippen molar-refractivity contribution in [2.24, 2.45) is 0 Å². The van der Waals surface area contributed by atoms with Gasteiger partial charge in [-0.1, -0.05) is 28.4 Å². The molecule has 0 saturated carbocycles. The van der Waals surface area contributed by atoms with Crippen LogP contribution in [0.4, 0.5) is 0 Å². The van der Waals surface area contributed by atoms with Gasteiger partial charge in [-0.05, 0) is 19.1 Å². The van der Waals surface area contributed by atoms with Gasteiger partial charge in [-0.15, -0.1) is 0 Å². The average Bonchev–Trinajstić information content (AvgIpc) is 2.84. The molecule has 0 aliphatic rings. The monoisotopic (exact) mass is 336 g/mol. The van der Waals surface area contributed by atoms with Gasteiger partial charge in [0.25, 0.3) is 5.56 Å². The van der Waals surface area contributed by atoms with Crippen LogP contribution in [-0.2, 0) is 6.54 Å². The van der Waals surface area contributed by atoms with Crippen LogP contribution in [0.3, 0.4) is 0 Å². The summed E-state index contributed by atoms with van der Waals surface area (Å²) in [5, 5.41) is 8.73. The van der Waals surface area contributed by atoms with Gasteiger partial charge in [0, 0.05) is 23.4 Å². The fourth-order valence-corrected chi connectivity index (χ4v) is 2.25. The summed E-state index contributed by atoms with van der Waals surface area (Å²) in [7, 11) is 0. The standard InChI is InChI=1S/C14H10Cl2N4O2/c1-8-11(7-20-13(21)4-10(15)6-18-20)14(19-22-8)9-2-3-12(16)17-5-9/h2-6H,7H2,1H3. The molecule has 0 aliphatic heterocycles. The normalized spacial score (nSPS) is 10.9. The van der Waals surface area contributed by atoms with Crippen LogP contribution in [0.5, 0.6) is 0 Å². The number of aryl methyl sites for hydroxylation is 1. The third-order valence-corrected chi connectivity index (χ3v) is 3.56. The van der Waals surface area contributed by atoms with E-state index in [0.29, 0.717) is 21.6 Å². The molecular formula is C14H10Cl2N4O2. The fraction of sp³-hybridized carbons (Fsp3) is 0.143. The summed E-state index contributed by atoms with van der Waals surface area (Å²) in [5.74, 6) is 0.605. The molecule has 0 unspecified atom stereocenters. The first-order valence-electron chi connectivity index (χ1n) is 6.34. The maximum Gasteiger partial charge on any atom is 0.268 e. The lowest BCUT2D eigenvalue weighted by atomic mass is 10.1. The first-order valence-corrected chi connectivity index (χ1v) is 7.10. The minimum atomic E-state index is -0.298. The van der Waals surface area contributed by atoms with Crippen LogP contribution in [0.25, 0.3) is 11.3 Å². The highest BCUT2D eigenvalue weighted by molar-refractivity contribution is 6.30. The average molecular weight is 337 g/mol. The lowest BCUT2D eigenvalue weighted by Gasteiger charge is -2.05. The Morgan fingerprint density at radius 1 is 1.27 bits per heavy atom. The van der Waals surface area contributed by atoms with Crippen LogP contribution in [0.1, 0.15) is 11.3 Å². The third-order valence-electron chi connectivity index (χ3n) is 3.13. The summed E-state index contributed by atoms with van der Waals surface area (Å²) < 4.78 is 6.53. The first kappa shape index (κ1) is 14.7. The Kier molecular flexibility index (Phi) is 3.96. The van der Waals surface area contributed by atoms with Gasteiger partial charge in [0.2, 0.25) is 0 Å². The number of aromatic nitrogens is 4. The number of pyridine rings is 1. The SMILES string of the molecule is Cc1onc(-c2ccc(Cl)nc2)c1Cn1ncc(Cl)cc1=O. The van der Waals surface area contributed by atoms with Crippen molar-refractivity contribution < 1.29 is 4.52 Å². The minimum absolute atomic E-state index is 0.225. The minimum Gasteiger partial charge on any atom is -0.361 e. The van der Waals surface area contributed by atoms with Crippen molar-refractivity contribution in [3.63, 3.8) is 0 Å². The summed E-state index contributed by atoms with van der Waals surface area (Å²) in [6.07, 6.45) is 3.01. The molecule has 0 amide bonds. The molecule has 22 heavy (non-hydrogen) atoms. The quantitative estimate of drug-likeness (QED) is 0.687. The summed E-state index contributed by atoms with van der Waals surface area (Å²) in [5.41, 5.74) is 1.80. The molecule has 3 heterocycles. The number of nitrogens with zero attached hydrogens (tertiary/aromatic N) is 4. The van der Waals surface area contributed by atoms with E-state index in [0.717, 1.165) is 11.1 Å². The molecule has 3 aromatic heterocycles. The molecule has 112 valence electrons. The Balaban J connectivity index is 2.02. The van der Waals surface area contributed by atoms with Gasteiger partial charge in [-0.2, -0.15) is 5.10 Å². The molecule has 3 aromatic rings. The van der Waals surface area contributed by atoms with Crippen molar-refractivity contribution in [2.45, 2.75) is 13.5 Å². The van der Waals surface area contributed by atoms with Gasteiger partial charge >= 0.3 is 0 Å². The van der Waals surface area contributed by atoms with Crippen LogP contribution < -0.4 is 5.56 Å². The van der Waals surface area contributed by atoms with E-state index in [1.807, 2.05) is 0 Å². The molecule has 0 fully saturated rings. The van der Waals surface area contributed by atoms with E-state index in [2.05, 4.69) is 15.2 Å². The second kappa shape index (κ2) is 5.90. The van der Waals surface area contributed by atoms with E-state index < -0.39 is 0 Å². The van der Waals surface area contributed by atoms with Gasteiger partial charge in [-0.25, -0.2) is 9.67 Å². The Morgan fingerprint density at radius 3 is 2.77 bits per heavy atom. The predicted octanol–water partition coefficient (Wildman–Crippen LogP) is 2.96. The Labute approximate surface area is 135 Å². The van der Waals surface area contributed by atoms with E-state index in [9.17, 15) is 4.79 Å². The molecule has 6 nitrogen and oxygen atoms in total. The molecule has 0 bridgehead atoms. The maximum absolute atomic E-state index is 11.9. The second-order valence-corrected chi connectivity index (χ2v) is 5.43. The zero-order valence-corrected chi connectivity index (χ0v) is 13.0.